The Bertz CT molecular complexity index is 1330. The van der Waals surface area contributed by atoms with Crippen LogP contribution in [0.2, 0.25) is 0 Å². The number of likely N-dealkylation sites (tertiary alicyclic amines) is 1. The number of nitrogens with one attached hydrogen (secondary N) is 2. The molecule has 3 aromatic rings. The minimum absolute atomic E-state index is 0.106. The van der Waals surface area contributed by atoms with Crippen LogP contribution >= 0.6 is 0 Å². The monoisotopic (exact) mass is 479 g/mol. The van der Waals surface area contributed by atoms with Crippen molar-refractivity contribution in [3.05, 3.63) is 29.7 Å². The van der Waals surface area contributed by atoms with Crippen molar-refractivity contribution in [3.8, 4) is 28.5 Å². The molecular weight excluding hydrogens is 454 g/mol. The molecule has 1 saturated carbocycles. The molecule has 0 unspecified atom stereocenters. The number of fused-ring (bicyclic) bond motifs is 2. The van der Waals surface area contributed by atoms with Crippen molar-refractivity contribution in [1.29, 1.82) is 0 Å². The molecule has 1 aromatic carbocycles. The summed E-state index contributed by atoms with van der Waals surface area (Å²) in [6, 6.07) is 3.43. The van der Waals surface area contributed by atoms with Gasteiger partial charge < -0.3 is 34.5 Å². The maximum Gasteiger partial charge on any atom is 0.407 e. The molecule has 2 fully saturated rings. The van der Waals surface area contributed by atoms with Crippen molar-refractivity contribution in [2.24, 2.45) is 5.92 Å². The SMILES string of the molecule is Cc1[nH]c2c(-c3c(OCC4CC4)ccc4c3OCO4)ncnc2c1C(=O)N[C@@H]1CCN(C(=O)O)C1. The first-order valence-corrected chi connectivity index (χ1v) is 11.7. The van der Waals surface area contributed by atoms with Crippen molar-refractivity contribution in [3.63, 3.8) is 0 Å². The third-order valence-corrected chi connectivity index (χ3v) is 6.70. The van der Waals surface area contributed by atoms with Crippen LogP contribution in [0.5, 0.6) is 17.2 Å². The Kier molecular flexibility index (Phi) is 5.12. The van der Waals surface area contributed by atoms with Gasteiger partial charge in [0.15, 0.2) is 11.5 Å². The van der Waals surface area contributed by atoms with Crippen LogP contribution in [0.3, 0.4) is 0 Å². The second-order valence-electron chi connectivity index (χ2n) is 9.19. The molecule has 0 spiro atoms. The minimum atomic E-state index is -0.983. The summed E-state index contributed by atoms with van der Waals surface area (Å²) < 4.78 is 17.5. The third kappa shape index (κ3) is 3.86. The molecule has 3 N–H and O–H groups in total. The van der Waals surface area contributed by atoms with Crippen LogP contribution in [0, 0.1) is 12.8 Å². The van der Waals surface area contributed by atoms with Crippen molar-refractivity contribution in [2.75, 3.05) is 26.5 Å². The third-order valence-electron chi connectivity index (χ3n) is 6.70. The van der Waals surface area contributed by atoms with Gasteiger partial charge in [0.25, 0.3) is 5.91 Å². The number of ether oxygens (including phenoxy) is 3. The fraction of sp³-hybridized carbons (Fsp3) is 0.417. The maximum absolute atomic E-state index is 13.2. The van der Waals surface area contributed by atoms with Crippen molar-refractivity contribution in [2.45, 2.75) is 32.2 Å². The molecule has 2 aliphatic heterocycles. The Morgan fingerprint density at radius 3 is 2.89 bits per heavy atom. The second kappa shape index (κ2) is 8.33. The Morgan fingerprint density at radius 1 is 1.26 bits per heavy atom. The number of carbonyl (C=O) groups is 2. The first kappa shape index (κ1) is 21.5. The molecule has 2 aromatic heterocycles. The summed E-state index contributed by atoms with van der Waals surface area (Å²) in [5, 5.41) is 12.2. The normalized spacial score (nSPS) is 18.8. The lowest BCUT2D eigenvalue weighted by molar-refractivity contribution is 0.0936. The van der Waals surface area contributed by atoms with E-state index in [1.165, 1.54) is 11.2 Å². The molecule has 0 radical (unpaired) electrons. The summed E-state index contributed by atoms with van der Waals surface area (Å²) in [6.45, 7) is 3.18. The summed E-state index contributed by atoms with van der Waals surface area (Å²) >= 11 is 0. The van der Waals surface area contributed by atoms with E-state index in [0.29, 0.717) is 76.3 Å². The number of nitrogens with zero attached hydrogens (tertiary/aromatic N) is 3. The zero-order chi connectivity index (χ0) is 24.1. The van der Waals surface area contributed by atoms with Crippen LogP contribution in [-0.4, -0.2) is 69.5 Å². The Hall–Kier alpha value is -4.02. The number of aromatic amines is 1. The fourth-order valence-electron chi connectivity index (χ4n) is 4.69. The van der Waals surface area contributed by atoms with Crippen LogP contribution < -0.4 is 19.5 Å². The van der Waals surface area contributed by atoms with Crippen molar-refractivity contribution < 1.29 is 28.9 Å². The number of benzene rings is 1. The molecule has 2 amide bonds. The lowest BCUT2D eigenvalue weighted by Crippen LogP contribution is -2.38. The summed E-state index contributed by atoms with van der Waals surface area (Å²) in [5.41, 5.74) is 3.33. The largest absolute Gasteiger partial charge is 0.492 e. The highest BCUT2D eigenvalue weighted by atomic mass is 16.7. The summed E-state index contributed by atoms with van der Waals surface area (Å²) in [5.74, 6) is 2.06. The van der Waals surface area contributed by atoms with Crippen LogP contribution in [-0.2, 0) is 0 Å². The van der Waals surface area contributed by atoms with E-state index in [1.54, 1.807) is 6.92 Å². The smallest absolute Gasteiger partial charge is 0.407 e. The molecule has 182 valence electrons. The summed E-state index contributed by atoms with van der Waals surface area (Å²) in [6.07, 6.45) is 3.33. The van der Waals surface area contributed by atoms with E-state index in [-0.39, 0.29) is 25.3 Å². The van der Waals surface area contributed by atoms with Gasteiger partial charge in [0.05, 0.1) is 23.3 Å². The highest BCUT2D eigenvalue weighted by molar-refractivity contribution is 6.09. The number of aryl methyl sites for hydroxylation is 1. The highest BCUT2D eigenvalue weighted by Gasteiger charge is 2.31. The van der Waals surface area contributed by atoms with Gasteiger partial charge in [-0.05, 0) is 44.2 Å². The minimum Gasteiger partial charge on any atom is -0.492 e. The Labute approximate surface area is 200 Å². The molecule has 35 heavy (non-hydrogen) atoms. The average Bonchev–Trinajstić information content (AvgIpc) is 3.19. The molecule has 1 aliphatic carbocycles. The average molecular weight is 479 g/mol. The van der Waals surface area contributed by atoms with Crippen molar-refractivity contribution >= 4 is 23.0 Å². The summed E-state index contributed by atoms with van der Waals surface area (Å²) in [7, 11) is 0. The number of hydrogen-bond acceptors (Lipinski definition) is 7. The molecule has 3 aliphatic rings. The van der Waals surface area contributed by atoms with E-state index in [4.69, 9.17) is 14.2 Å². The first-order valence-electron chi connectivity index (χ1n) is 11.7. The van der Waals surface area contributed by atoms with Crippen LogP contribution in [0.15, 0.2) is 18.5 Å². The lowest BCUT2D eigenvalue weighted by atomic mass is 10.1. The van der Waals surface area contributed by atoms with E-state index in [1.807, 2.05) is 12.1 Å². The molecule has 11 nitrogen and oxygen atoms in total. The second-order valence-corrected chi connectivity index (χ2v) is 9.19. The highest BCUT2D eigenvalue weighted by Crippen LogP contribution is 2.48. The van der Waals surface area contributed by atoms with Gasteiger partial charge in [-0.25, -0.2) is 14.8 Å². The van der Waals surface area contributed by atoms with Gasteiger partial charge in [0.1, 0.15) is 23.3 Å². The maximum atomic E-state index is 13.2. The number of amides is 2. The van der Waals surface area contributed by atoms with Gasteiger partial charge in [0.2, 0.25) is 6.79 Å². The zero-order valence-electron chi connectivity index (χ0n) is 19.2. The van der Waals surface area contributed by atoms with Gasteiger partial charge in [0, 0.05) is 24.8 Å². The zero-order valence-corrected chi connectivity index (χ0v) is 19.2. The van der Waals surface area contributed by atoms with E-state index in [9.17, 15) is 14.7 Å². The fourth-order valence-corrected chi connectivity index (χ4v) is 4.69. The first-order chi connectivity index (χ1) is 17.0. The quantitative estimate of drug-likeness (QED) is 0.490. The molecule has 1 saturated heterocycles. The number of hydrogen-bond donors (Lipinski definition) is 3. The molecule has 11 heteroatoms. The number of H-pyrrole nitrogens is 1. The van der Waals surface area contributed by atoms with E-state index in [2.05, 4.69) is 20.3 Å². The van der Waals surface area contributed by atoms with Crippen LogP contribution in [0.1, 0.15) is 35.3 Å². The number of aromatic nitrogens is 3. The Balaban J connectivity index is 1.37. The molecular formula is C24H25N5O6. The molecule has 1 atom stereocenters. The van der Waals surface area contributed by atoms with E-state index >= 15 is 0 Å². The van der Waals surface area contributed by atoms with Crippen LogP contribution in [0.25, 0.3) is 22.3 Å². The lowest BCUT2D eigenvalue weighted by Gasteiger charge is -2.14. The van der Waals surface area contributed by atoms with E-state index in [0.717, 1.165) is 12.8 Å². The van der Waals surface area contributed by atoms with Gasteiger partial charge >= 0.3 is 6.09 Å². The van der Waals surface area contributed by atoms with Gasteiger partial charge in [-0.2, -0.15) is 0 Å². The number of rotatable bonds is 6. The predicted octanol–water partition coefficient (Wildman–Crippen LogP) is 2.93. The van der Waals surface area contributed by atoms with Gasteiger partial charge in [-0.15, -0.1) is 0 Å². The van der Waals surface area contributed by atoms with E-state index < -0.39 is 6.09 Å². The standard InChI is InChI=1S/C24H25N5O6/c1-12-17(23(30)28-14-6-7-29(8-14)24(31)32)19-21(27-12)20(26-10-25-19)18-15(33-9-13-2-3-13)4-5-16-22(18)35-11-34-16/h4-5,10,13-14,27H,2-3,6-9,11H2,1H3,(H,28,30)(H,31,32)/t14-/m1/s1. The number of carboxylic acid groups (broad SMARTS) is 1. The van der Waals surface area contributed by atoms with Crippen molar-refractivity contribution in [1.82, 2.24) is 25.2 Å². The molecule has 4 heterocycles. The van der Waals surface area contributed by atoms with Gasteiger partial charge in [-0.3, -0.25) is 4.79 Å². The Morgan fingerprint density at radius 2 is 2.11 bits per heavy atom. The predicted molar refractivity (Wildman–Crippen MR) is 124 cm³/mol. The van der Waals surface area contributed by atoms with Crippen LogP contribution in [0.4, 0.5) is 4.79 Å². The molecule has 6 rings (SSSR count). The molecule has 0 bridgehead atoms. The topological polar surface area (TPSA) is 139 Å². The number of carbonyl (C=O) groups excluding carboxylic acids is 1. The summed E-state index contributed by atoms with van der Waals surface area (Å²) in [4.78, 5) is 38.0. The van der Waals surface area contributed by atoms with Gasteiger partial charge in [-0.1, -0.05) is 0 Å².